The van der Waals surface area contributed by atoms with E-state index in [1.165, 1.54) is 29.5 Å². The molecule has 3 nitrogen and oxygen atoms in total. The van der Waals surface area contributed by atoms with Crippen LogP contribution in [0, 0.1) is 5.41 Å². The predicted molar refractivity (Wildman–Crippen MR) is 92.1 cm³/mol. The van der Waals surface area contributed by atoms with Crippen molar-refractivity contribution >= 4 is 16.4 Å². The molecule has 1 fully saturated rings. The second-order valence-corrected chi connectivity index (χ2v) is 7.91. The average molecular weight is 304 g/mol. The summed E-state index contributed by atoms with van der Waals surface area (Å²) in [5.74, 6) is 0.580. The molecule has 3 aromatic rings. The Labute approximate surface area is 135 Å². The van der Waals surface area contributed by atoms with E-state index < -0.39 is 0 Å². The number of hydrogen-bond donors (Lipinski definition) is 0. The Bertz CT molecular complexity index is 1050. The van der Waals surface area contributed by atoms with E-state index in [1.54, 1.807) is 6.07 Å². The Balaban J connectivity index is 2.10. The molecule has 5 rings (SSSR count). The molecule has 2 atom stereocenters. The fourth-order valence-corrected chi connectivity index (χ4v) is 5.29. The van der Waals surface area contributed by atoms with Gasteiger partial charge in [0.05, 0.1) is 0 Å². The maximum atomic E-state index is 11.9. The lowest BCUT2D eigenvalue weighted by atomic mass is 9.70. The van der Waals surface area contributed by atoms with Crippen molar-refractivity contribution < 1.29 is 0 Å². The minimum absolute atomic E-state index is 0.131. The smallest absolute Gasteiger partial charge is 0.273 e. The molecular formula is C20H20N2O. The van der Waals surface area contributed by atoms with E-state index in [0.29, 0.717) is 5.92 Å². The number of benzene rings is 1. The van der Waals surface area contributed by atoms with Crippen LogP contribution >= 0.6 is 0 Å². The van der Waals surface area contributed by atoms with Crippen molar-refractivity contribution in [2.24, 2.45) is 5.41 Å². The van der Waals surface area contributed by atoms with Crippen LogP contribution in [0.4, 0.5) is 0 Å². The first-order valence-corrected chi connectivity index (χ1v) is 8.40. The molecule has 0 saturated heterocycles. The lowest BCUT2D eigenvalue weighted by Gasteiger charge is -2.35. The lowest BCUT2D eigenvalue weighted by Crippen LogP contribution is -2.33. The van der Waals surface area contributed by atoms with Gasteiger partial charge in [0.1, 0.15) is 5.65 Å². The summed E-state index contributed by atoms with van der Waals surface area (Å²) in [6, 6.07) is 10.0. The maximum absolute atomic E-state index is 11.9. The fraction of sp³-hybridized carbons (Fsp3) is 0.400. The second kappa shape index (κ2) is 3.84. The summed E-state index contributed by atoms with van der Waals surface area (Å²) >= 11 is 0. The summed E-state index contributed by atoms with van der Waals surface area (Å²) in [7, 11) is 0. The average Bonchev–Trinajstić information content (AvgIpc) is 2.87. The molecule has 0 spiro atoms. The van der Waals surface area contributed by atoms with Gasteiger partial charge in [0.2, 0.25) is 0 Å². The standard InChI is InChI=1S/C20H20N2O/c1-19(2)14-8-10-20(19,3)17-16(14)12-6-4-5-7-13(12)18-21-15(23)9-11-22(17)18/h4-7,9,11,14H,8,10H2,1-3H3. The van der Waals surface area contributed by atoms with E-state index in [1.807, 2.05) is 12.3 Å². The van der Waals surface area contributed by atoms with Crippen molar-refractivity contribution in [3.05, 3.63) is 58.1 Å². The van der Waals surface area contributed by atoms with Crippen LogP contribution in [0.2, 0.25) is 0 Å². The highest BCUT2D eigenvalue weighted by Gasteiger charge is 2.61. The summed E-state index contributed by atoms with van der Waals surface area (Å²) in [6.45, 7) is 7.20. The first kappa shape index (κ1) is 13.3. The van der Waals surface area contributed by atoms with E-state index in [2.05, 4.69) is 48.4 Å². The molecule has 0 N–H and O–H groups in total. The topological polar surface area (TPSA) is 34.4 Å². The van der Waals surface area contributed by atoms with Crippen LogP contribution in [-0.2, 0) is 5.41 Å². The maximum Gasteiger partial charge on any atom is 0.273 e. The van der Waals surface area contributed by atoms with Crippen molar-refractivity contribution in [2.75, 3.05) is 0 Å². The zero-order valence-corrected chi connectivity index (χ0v) is 13.8. The van der Waals surface area contributed by atoms with Crippen molar-refractivity contribution in [3.8, 4) is 0 Å². The molecule has 0 amide bonds. The van der Waals surface area contributed by atoms with Crippen molar-refractivity contribution in [1.29, 1.82) is 0 Å². The molecule has 2 aromatic heterocycles. The first-order valence-electron chi connectivity index (χ1n) is 8.40. The third-order valence-electron chi connectivity index (χ3n) is 6.86. The molecule has 1 saturated carbocycles. The van der Waals surface area contributed by atoms with Crippen LogP contribution in [0.15, 0.2) is 41.3 Å². The third kappa shape index (κ3) is 1.33. The van der Waals surface area contributed by atoms with Gasteiger partial charge in [-0.2, -0.15) is 4.98 Å². The lowest BCUT2D eigenvalue weighted by molar-refractivity contribution is 0.226. The van der Waals surface area contributed by atoms with Gasteiger partial charge in [-0.3, -0.25) is 4.79 Å². The molecule has 2 heterocycles. The quantitative estimate of drug-likeness (QED) is 0.588. The Morgan fingerprint density at radius 3 is 2.65 bits per heavy atom. The van der Waals surface area contributed by atoms with Crippen molar-refractivity contribution in [1.82, 2.24) is 9.38 Å². The van der Waals surface area contributed by atoms with E-state index >= 15 is 0 Å². The first-order chi connectivity index (χ1) is 10.9. The molecule has 0 aliphatic heterocycles. The van der Waals surface area contributed by atoms with Crippen molar-refractivity contribution in [3.63, 3.8) is 0 Å². The van der Waals surface area contributed by atoms with Crippen LogP contribution in [0.5, 0.6) is 0 Å². The van der Waals surface area contributed by atoms with Gasteiger partial charge in [0, 0.05) is 28.8 Å². The van der Waals surface area contributed by atoms with Gasteiger partial charge >= 0.3 is 0 Å². The Morgan fingerprint density at radius 2 is 1.87 bits per heavy atom. The number of pyridine rings is 1. The Kier molecular flexibility index (Phi) is 2.22. The van der Waals surface area contributed by atoms with Gasteiger partial charge in [0.15, 0.2) is 0 Å². The molecule has 2 unspecified atom stereocenters. The number of hydrogen-bond acceptors (Lipinski definition) is 2. The van der Waals surface area contributed by atoms with Crippen LogP contribution in [0.25, 0.3) is 16.4 Å². The van der Waals surface area contributed by atoms with Crippen LogP contribution in [0.3, 0.4) is 0 Å². The van der Waals surface area contributed by atoms with Gasteiger partial charge in [-0.15, -0.1) is 0 Å². The molecule has 2 aliphatic carbocycles. The van der Waals surface area contributed by atoms with Crippen LogP contribution in [0.1, 0.15) is 50.8 Å². The largest absolute Gasteiger partial charge is 0.304 e. The second-order valence-electron chi connectivity index (χ2n) is 7.91. The third-order valence-corrected chi connectivity index (χ3v) is 6.86. The van der Waals surface area contributed by atoms with Gasteiger partial charge < -0.3 is 4.40 Å². The van der Waals surface area contributed by atoms with Crippen LogP contribution < -0.4 is 5.56 Å². The molecule has 1 aromatic carbocycles. The summed E-state index contributed by atoms with van der Waals surface area (Å²) in [4.78, 5) is 16.2. The van der Waals surface area contributed by atoms with E-state index in [-0.39, 0.29) is 16.4 Å². The normalized spacial score (nSPS) is 27.7. The number of nitrogens with zero attached hydrogens (tertiary/aromatic N) is 2. The number of aromatic nitrogens is 2. The molecule has 2 bridgehead atoms. The minimum atomic E-state index is -0.164. The van der Waals surface area contributed by atoms with E-state index in [9.17, 15) is 4.79 Å². The zero-order chi connectivity index (χ0) is 16.0. The van der Waals surface area contributed by atoms with Crippen molar-refractivity contribution in [2.45, 2.75) is 44.9 Å². The monoisotopic (exact) mass is 304 g/mol. The summed E-state index contributed by atoms with van der Waals surface area (Å²) < 4.78 is 2.19. The Hall–Kier alpha value is -2.16. The molecule has 116 valence electrons. The minimum Gasteiger partial charge on any atom is -0.304 e. The summed E-state index contributed by atoms with van der Waals surface area (Å²) in [5.41, 5.74) is 3.86. The summed E-state index contributed by atoms with van der Waals surface area (Å²) in [6.07, 6.45) is 4.38. The number of fused-ring (bicyclic) bond motifs is 10. The highest BCUT2D eigenvalue weighted by atomic mass is 16.1. The Morgan fingerprint density at radius 1 is 1.13 bits per heavy atom. The summed E-state index contributed by atoms with van der Waals surface area (Å²) in [5, 5.41) is 2.37. The van der Waals surface area contributed by atoms with E-state index in [0.717, 1.165) is 11.0 Å². The molecule has 2 aliphatic rings. The molecular weight excluding hydrogens is 284 g/mol. The number of rotatable bonds is 0. The molecule has 3 heteroatoms. The highest BCUT2D eigenvalue weighted by Crippen LogP contribution is 2.68. The fourth-order valence-electron chi connectivity index (χ4n) is 5.29. The van der Waals surface area contributed by atoms with Gasteiger partial charge in [-0.1, -0.05) is 45.0 Å². The molecule has 23 heavy (non-hydrogen) atoms. The van der Waals surface area contributed by atoms with E-state index in [4.69, 9.17) is 0 Å². The van der Waals surface area contributed by atoms with Gasteiger partial charge in [-0.05, 0) is 35.1 Å². The SMILES string of the molecule is CC12CCC(c3c1n1ccc(=O)nc1c1ccccc31)C2(C)C. The zero-order valence-electron chi connectivity index (χ0n) is 13.8. The predicted octanol–water partition coefficient (Wildman–Crippen LogP) is 4.02. The van der Waals surface area contributed by atoms with Gasteiger partial charge in [0.25, 0.3) is 5.56 Å². The highest BCUT2D eigenvalue weighted by molar-refractivity contribution is 5.98. The van der Waals surface area contributed by atoms with Crippen LogP contribution in [-0.4, -0.2) is 9.38 Å². The van der Waals surface area contributed by atoms with Gasteiger partial charge in [-0.25, -0.2) is 0 Å². The molecule has 0 radical (unpaired) electrons.